The number of nitrogens with one attached hydrogen (secondary N) is 2. The van der Waals surface area contributed by atoms with Crippen LogP contribution < -0.4 is 5.32 Å². The van der Waals surface area contributed by atoms with Gasteiger partial charge < -0.3 is 5.32 Å². The van der Waals surface area contributed by atoms with Crippen LogP contribution in [0.5, 0.6) is 0 Å². The summed E-state index contributed by atoms with van der Waals surface area (Å²) in [5.41, 5.74) is 6.64. The topological polar surface area (TPSA) is 40.7 Å². The van der Waals surface area contributed by atoms with Crippen LogP contribution in [0.2, 0.25) is 0 Å². The fourth-order valence-electron chi connectivity index (χ4n) is 2.36. The van der Waals surface area contributed by atoms with Crippen molar-refractivity contribution in [3.05, 3.63) is 52.3 Å². The van der Waals surface area contributed by atoms with Gasteiger partial charge in [-0.2, -0.15) is 5.10 Å². The number of hydrogen-bond donors (Lipinski definition) is 2. The van der Waals surface area contributed by atoms with E-state index in [2.05, 4.69) is 55.3 Å². The quantitative estimate of drug-likeness (QED) is 0.866. The Morgan fingerprint density at radius 1 is 1.22 bits per heavy atom. The summed E-state index contributed by atoms with van der Waals surface area (Å²) >= 11 is 0. The molecule has 0 aliphatic heterocycles. The molecule has 0 aliphatic carbocycles. The van der Waals surface area contributed by atoms with Gasteiger partial charge in [-0.3, -0.25) is 5.10 Å². The minimum atomic E-state index is 0.309. The molecule has 0 saturated heterocycles. The van der Waals surface area contributed by atoms with E-state index < -0.39 is 0 Å². The number of H-pyrrole nitrogens is 1. The first-order chi connectivity index (χ1) is 8.58. The Kier molecular flexibility index (Phi) is 3.82. The van der Waals surface area contributed by atoms with Crippen LogP contribution in [0.3, 0.4) is 0 Å². The highest BCUT2D eigenvalue weighted by Gasteiger charge is 2.08. The second-order valence-corrected chi connectivity index (χ2v) is 5.01. The third-order valence-electron chi connectivity index (χ3n) is 3.44. The lowest BCUT2D eigenvalue weighted by Crippen LogP contribution is -2.19. The molecule has 2 aromatic rings. The lowest BCUT2D eigenvalue weighted by atomic mass is 9.99. The fourth-order valence-corrected chi connectivity index (χ4v) is 2.36. The van der Waals surface area contributed by atoms with Gasteiger partial charge in [-0.05, 0) is 44.4 Å². The van der Waals surface area contributed by atoms with Gasteiger partial charge in [-0.1, -0.05) is 17.7 Å². The molecule has 1 atom stereocenters. The van der Waals surface area contributed by atoms with E-state index in [9.17, 15) is 0 Å². The molecule has 18 heavy (non-hydrogen) atoms. The van der Waals surface area contributed by atoms with Crippen LogP contribution in [-0.4, -0.2) is 10.2 Å². The van der Waals surface area contributed by atoms with Crippen molar-refractivity contribution in [2.24, 2.45) is 0 Å². The van der Waals surface area contributed by atoms with Crippen molar-refractivity contribution in [3.8, 4) is 0 Å². The summed E-state index contributed by atoms with van der Waals surface area (Å²) in [5, 5.41) is 10.4. The summed E-state index contributed by atoms with van der Waals surface area (Å²) < 4.78 is 0. The number of nitrogens with zero attached hydrogens (tertiary/aromatic N) is 1. The summed E-state index contributed by atoms with van der Waals surface area (Å²) in [6.07, 6.45) is 3.80. The van der Waals surface area contributed by atoms with Gasteiger partial charge in [-0.15, -0.1) is 0 Å². The highest BCUT2D eigenvalue weighted by Crippen LogP contribution is 2.18. The molecule has 1 aromatic heterocycles. The van der Waals surface area contributed by atoms with Crippen LogP contribution in [0.15, 0.2) is 24.5 Å². The Morgan fingerprint density at radius 3 is 2.44 bits per heavy atom. The minimum Gasteiger partial charge on any atom is -0.306 e. The molecule has 0 amide bonds. The van der Waals surface area contributed by atoms with Gasteiger partial charge in [0.1, 0.15) is 0 Å². The van der Waals surface area contributed by atoms with E-state index in [1.54, 1.807) is 0 Å². The predicted octanol–water partition coefficient (Wildman–Crippen LogP) is 3.19. The van der Waals surface area contributed by atoms with Crippen molar-refractivity contribution in [1.29, 1.82) is 0 Å². The number of hydrogen-bond acceptors (Lipinski definition) is 2. The van der Waals surface area contributed by atoms with E-state index in [-0.39, 0.29) is 0 Å². The standard InChI is InChI=1S/C15H21N3/c1-10-5-11(2)15(12(3)6-10)9-16-13(4)14-7-17-18-8-14/h5-8,13,16H,9H2,1-4H3,(H,17,18). The molecule has 3 heteroatoms. The maximum atomic E-state index is 3.98. The smallest absolute Gasteiger partial charge is 0.0534 e. The van der Waals surface area contributed by atoms with Crippen LogP contribution in [0.4, 0.5) is 0 Å². The zero-order chi connectivity index (χ0) is 13.1. The van der Waals surface area contributed by atoms with Gasteiger partial charge >= 0.3 is 0 Å². The molecule has 3 nitrogen and oxygen atoms in total. The molecule has 1 unspecified atom stereocenters. The van der Waals surface area contributed by atoms with Gasteiger partial charge in [-0.25, -0.2) is 0 Å². The number of rotatable bonds is 4. The summed E-state index contributed by atoms with van der Waals surface area (Å²) in [6.45, 7) is 9.55. The van der Waals surface area contributed by atoms with Crippen LogP contribution in [0.1, 0.15) is 40.8 Å². The lowest BCUT2D eigenvalue weighted by Gasteiger charge is -2.16. The number of aromatic amines is 1. The minimum absolute atomic E-state index is 0.309. The Hall–Kier alpha value is -1.61. The number of benzene rings is 1. The van der Waals surface area contributed by atoms with Gasteiger partial charge in [0.25, 0.3) is 0 Å². The highest BCUT2D eigenvalue weighted by molar-refractivity contribution is 5.37. The molecule has 1 aromatic carbocycles. The van der Waals surface area contributed by atoms with Gasteiger partial charge in [0.2, 0.25) is 0 Å². The normalized spacial score (nSPS) is 12.7. The van der Waals surface area contributed by atoms with E-state index in [4.69, 9.17) is 0 Å². The molecule has 96 valence electrons. The Morgan fingerprint density at radius 2 is 1.89 bits per heavy atom. The van der Waals surface area contributed by atoms with Gasteiger partial charge in [0.15, 0.2) is 0 Å². The predicted molar refractivity (Wildman–Crippen MR) is 74.5 cm³/mol. The highest BCUT2D eigenvalue weighted by atomic mass is 15.1. The molecule has 2 rings (SSSR count). The molecule has 0 spiro atoms. The first-order valence-corrected chi connectivity index (χ1v) is 6.36. The Balaban J connectivity index is 2.07. The Labute approximate surface area is 109 Å². The summed E-state index contributed by atoms with van der Waals surface area (Å²) in [7, 11) is 0. The van der Waals surface area contributed by atoms with Crippen molar-refractivity contribution in [1.82, 2.24) is 15.5 Å². The Bertz CT molecular complexity index is 492. The molecule has 0 saturated carbocycles. The number of aryl methyl sites for hydroxylation is 3. The van der Waals surface area contributed by atoms with E-state index in [0.29, 0.717) is 6.04 Å². The third kappa shape index (κ3) is 2.79. The van der Waals surface area contributed by atoms with Gasteiger partial charge in [0, 0.05) is 24.3 Å². The monoisotopic (exact) mass is 243 g/mol. The summed E-state index contributed by atoms with van der Waals surface area (Å²) in [5.74, 6) is 0. The number of aromatic nitrogens is 2. The zero-order valence-corrected chi connectivity index (χ0v) is 11.5. The first kappa shape index (κ1) is 12.8. The molecule has 2 N–H and O–H groups in total. The van der Waals surface area contributed by atoms with Crippen molar-refractivity contribution >= 4 is 0 Å². The molecule has 1 heterocycles. The molecular formula is C15H21N3. The van der Waals surface area contributed by atoms with E-state index in [0.717, 1.165) is 6.54 Å². The van der Waals surface area contributed by atoms with Crippen molar-refractivity contribution in [2.75, 3.05) is 0 Å². The molecular weight excluding hydrogens is 222 g/mol. The second kappa shape index (κ2) is 5.36. The maximum Gasteiger partial charge on any atom is 0.0534 e. The second-order valence-electron chi connectivity index (χ2n) is 5.01. The third-order valence-corrected chi connectivity index (χ3v) is 3.44. The van der Waals surface area contributed by atoms with Crippen molar-refractivity contribution in [3.63, 3.8) is 0 Å². The molecule has 0 fully saturated rings. The SMILES string of the molecule is Cc1cc(C)c(CNC(C)c2cn[nH]c2)c(C)c1. The van der Waals surface area contributed by atoms with E-state index in [1.165, 1.54) is 27.8 Å². The lowest BCUT2D eigenvalue weighted by molar-refractivity contribution is 0.572. The largest absolute Gasteiger partial charge is 0.306 e. The summed E-state index contributed by atoms with van der Waals surface area (Å²) in [4.78, 5) is 0. The average molecular weight is 243 g/mol. The van der Waals surface area contributed by atoms with Crippen LogP contribution in [0.25, 0.3) is 0 Å². The molecule has 0 aliphatic rings. The summed E-state index contributed by atoms with van der Waals surface area (Å²) in [6, 6.07) is 4.79. The van der Waals surface area contributed by atoms with E-state index >= 15 is 0 Å². The van der Waals surface area contributed by atoms with Crippen LogP contribution in [-0.2, 0) is 6.54 Å². The average Bonchev–Trinajstić information content (AvgIpc) is 2.80. The molecule has 0 bridgehead atoms. The van der Waals surface area contributed by atoms with Crippen LogP contribution in [0, 0.1) is 20.8 Å². The zero-order valence-electron chi connectivity index (χ0n) is 11.5. The fraction of sp³-hybridized carbons (Fsp3) is 0.400. The maximum absolute atomic E-state index is 3.98. The van der Waals surface area contributed by atoms with Crippen molar-refractivity contribution in [2.45, 2.75) is 40.3 Å². The van der Waals surface area contributed by atoms with E-state index in [1.807, 2.05) is 12.4 Å². The molecule has 0 radical (unpaired) electrons. The van der Waals surface area contributed by atoms with Crippen LogP contribution >= 0.6 is 0 Å². The van der Waals surface area contributed by atoms with Crippen molar-refractivity contribution < 1.29 is 0 Å². The first-order valence-electron chi connectivity index (χ1n) is 6.36. The van der Waals surface area contributed by atoms with Gasteiger partial charge in [0.05, 0.1) is 6.20 Å².